The Balaban J connectivity index is 2.31. The third-order valence-electron chi connectivity index (χ3n) is 3.99. The van der Waals surface area contributed by atoms with Crippen molar-refractivity contribution in [2.45, 2.75) is 25.8 Å². The highest BCUT2D eigenvalue weighted by molar-refractivity contribution is 6.00. The number of amides is 1. The molecule has 0 aliphatic heterocycles. The quantitative estimate of drug-likeness (QED) is 0.742. The van der Waals surface area contributed by atoms with Crippen LogP contribution in [0.2, 0.25) is 0 Å². The number of ether oxygens (including phenoxy) is 1. The molecule has 5 heteroatoms. The van der Waals surface area contributed by atoms with Gasteiger partial charge in [-0.1, -0.05) is 6.07 Å². The molecule has 1 unspecified atom stereocenters. The summed E-state index contributed by atoms with van der Waals surface area (Å²) in [6.45, 7) is 3.57. The first-order chi connectivity index (χ1) is 9.56. The molecule has 0 radical (unpaired) electrons. The molecule has 1 saturated carbocycles. The normalized spacial score (nSPS) is 15.9. The van der Waals surface area contributed by atoms with Crippen molar-refractivity contribution >= 4 is 17.3 Å². The van der Waals surface area contributed by atoms with E-state index in [2.05, 4.69) is 11.8 Å². The Morgan fingerprint density at radius 2 is 2.20 bits per heavy atom. The number of para-hydroxylation sites is 1. The summed E-state index contributed by atoms with van der Waals surface area (Å²) in [5.41, 5.74) is 13.2. The van der Waals surface area contributed by atoms with Gasteiger partial charge in [-0.3, -0.25) is 4.79 Å². The molecule has 0 aromatic heterocycles. The van der Waals surface area contributed by atoms with Crippen LogP contribution in [0.3, 0.4) is 0 Å². The Kier molecular flexibility index (Phi) is 4.49. The molecule has 110 valence electrons. The maximum Gasteiger partial charge on any atom is 0.250 e. The fourth-order valence-electron chi connectivity index (χ4n) is 2.58. The van der Waals surface area contributed by atoms with Gasteiger partial charge in [-0.25, -0.2) is 0 Å². The van der Waals surface area contributed by atoms with Gasteiger partial charge in [0.05, 0.1) is 23.5 Å². The van der Waals surface area contributed by atoms with Crippen LogP contribution in [0.15, 0.2) is 18.2 Å². The van der Waals surface area contributed by atoms with Crippen LogP contribution in [0.25, 0.3) is 0 Å². The fourth-order valence-corrected chi connectivity index (χ4v) is 2.58. The second-order valence-corrected chi connectivity index (χ2v) is 5.37. The number of nitrogens with two attached hydrogens (primary N) is 2. The van der Waals surface area contributed by atoms with Gasteiger partial charge < -0.3 is 21.1 Å². The Morgan fingerprint density at radius 1 is 1.50 bits per heavy atom. The minimum absolute atomic E-state index is 0.382. The summed E-state index contributed by atoms with van der Waals surface area (Å²) in [5.74, 6) is 0.207. The minimum atomic E-state index is -0.491. The zero-order chi connectivity index (χ0) is 14.7. The molecule has 1 fully saturated rings. The molecule has 5 nitrogen and oxygen atoms in total. The van der Waals surface area contributed by atoms with Crippen LogP contribution in [0, 0.1) is 5.92 Å². The number of carbonyl (C=O) groups excluding carboxylic acids is 1. The van der Waals surface area contributed by atoms with Gasteiger partial charge in [-0.2, -0.15) is 0 Å². The number of hydrogen-bond acceptors (Lipinski definition) is 4. The van der Waals surface area contributed by atoms with Gasteiger partial charge in [0.1, 0.15) is 0 Å². The highest BCUT2D eigenvalue weighted by atomic mass is 16.5. The van der Waals surface area contributed by atoms with E-state index in [4.69, 9.17) is 16.2 Å². The summed E-state index contributed by atoms with van der Waals surface area (Å²) >= 11 is 0. The van der Waals surface area contributed by atoms with Gasteiger partial charge in [-0.15, -0.1) is 0 Å². The molecule has 1 aromatic carbocycles. The van der Waals surface area contributed by atoms with Crippen LogP contribution < -0.4 is 16.4 Å². The minimum Gasteiger partial charge on any atom is -0.396 e. The molecule has 1 amide bonds. The molecule has 4 N–H and O–H groups in total. The average molecular weight is 277 g/mol. The first kappa shape index (κ1) is 14.7. The van der Waals surface area contributed by atoms with Gasteiger partial charge >= 0.3 is 0 Å². The molecular weight excluding hydrogens is 254 g/mol. The SMILES string of the molecule is COCCN(c1cccc(C(N)=O)c1N)C(C)C1CC1. The van der Waals surface area contributed by atoms with Gasteiger partial charge in [-0.05, 0) is 37.8 Å². The van der Waals surface area contributed by atoms with E-state index in [1.807, 2.05) is 12.1 Å². The van der Waals surface area contributed by atoms with Crippen molar-refractivity contribution in [2.75, 3.05) is 30.9 Å². The summed E-state index contributed by atoms with van der Waals surface area (Å²) in [6, 6.07) is 5.81. The highest BCUT2D eigenvalue weighted by Crippen LogP contribution is 2.38. The fraction of sp³-hybridized carbons (Fsp3) is 0.533. The van der Waals surface area contributed by atoms with E-state index in [1.165, 1.54) is 12.8 Å². The summed E-state index contributed by atoms with van der Waals surface area (Å²) < 4.78 is 5.19. The number of benzene rings is 1. The Morgan fingerprint density at radius 3 is 2.75 bits per heavy atom. The van der Waals surface area contributed by atoms with Crippen molar-refractivity contribution in [3.8, 4) is 0 Å². The molecule has 0 heterocycles. The summed E-state index contributed by atoms with van der Waals surface area (Å²) in [5, 5.41) is 0. The maximum absolute atomic E-state index is 11.4. The lowest BCUT2D eigenvalue weighted by Gasteiger charge is -2.32. The van der Waals surface area contributed by atoms with E-state index in [0.717, 1.165) is 12.2 Å². The Hall–Kier alpha value is -1.75. The first-order valence-corrected chi connectivity index (χ1v) is 7.00. The summed E-state index contributed by atoms with van der Waals surface area (Å²) in [6.07, 6.45) is 2.50. The van der Waals surface area contributed by atoms with E-state index in [-0.39, 0.29) is 0 Å². The van der Waals surface area contributed by atoms with Crippen molar-refractivity contribution in [1.82, 2.24) is 0 Å². The van der Waals surface area contributed by atoms with Crippen molar-refractivity contribution in [2.24, 2.45) is 11.7 Å². The molecule has 1 aromatic rings. The van der Waals surface area contributed by atoms with Crippen LogP contribution in [-0.2, 0) is 4.74 Å². The number of anilines is 2. The smallest absolute Gasteiger partial charge is 0.250 e. The number of primary amides is 1. The molecule has 0 spiro atoms. The van der Waals surface area contributed by atoms with Crippen molar-refractivity contribution < 1.29 is 9.53 Å². The number of carbonyl (C=O) groups is 1. The van der Waals surface area contributed by atoms with Crippen LogP contribution in [0.1, 0.15) is 30.1 Å². The van der Waals surface area contributed by atoms with Crippen LogP contribution in [0.5, 0.6) is 0 Å². The van der Waals surface area contributed by atoms with Crippen molar-refractivity contribution in [3.05, 3.63) is 23.8 Å². The van der Waals surface area contributed by atoms with E-state index in [1.54, 1.807) is 13.2 Å². The molecule has 1 aliphatic rings. The van der Waals surface area contributed by atoms with Gasteiger partial charge in [0.15, 0.2) is 0 Å². The molecule has 1 aliphatic carbocycles. The lowest BCUT2D eigenvalue weighted by Crippen LogP contribution is -2.38. The number of rotatable bonds is 7. The van der Waals surface area contributed by atoms with E-state index < -0.39 is 5.91 Å². The standard InChI is InChI=1S/C15H23N3O2/c1-10(11-6-7-11)18(8-9-20-2)13-5-3-4-12(14(13)16)15(17)19/h3-5,10-11H,6-9,16H2,1-2H3,(H2,17,19). The topological polar surface area (TPSA) is 81.6 Å². The Bertz CT molecular complexity index is 486. The molecular formula is C15H23N3O2. The van der Waals surface area contributed by atoms with Crippen LogP contribution >= 0.6 is 0 Å². The predicted molar refractivity (Wildman–Crippen MR) is 80.8 cm³/mol. The van der Waals surface area contributed by atoms with E-state index >= 15 is 0 Å². The number of nitrogens with zero attached hydrogens (tertiary/aromatic N) is 1. The lowest BCUT2D eigenvalue weighted by atomic mass is 10.1. The van der Waals surface area contributed by atoms with Crippen molar-refractivity contribution in [1.29, 1.82) is 0 Å². The van der Waals surface area contributed by atoms with E-state index in [9.17, 15) is 4.79 Å². The average Bonchev–Trinajstić information content (AvgIpc) is 3.24. The second kappa shape index (κ2) is 6.13. The van der Waals surface area contributed by atoms with Crippen LogP contribution in [-0.4, -0.2) is 32.2 Å². The first-order valence-electron chi connectivity index (χ1n) is 7.00. The number of nitrogen functional groups attached to an aromatic ring is 1. The molecule has 20 heavy (non-hydrogen) atoms. The molecule has 1 atom stereocenters. The second-order valence-electron chi connectivity index (χ2n) is 5.37. The zero-order valence-electron chi connectivity index (χ0n) is 12.1. The predicted octanol–water partition coefficient (Wildman–Crippen LogP) is 1.62. The number of methoxy groups -OCH3 is 1. The third-order valence-corrected chi connectivity index (χ3v) is 3.99. The maximum atomic E-state index is 11.4. The Labute approximate surface area is 119 Å². The molecule has 2 rings (SSSR count). The monoisotopic (exact) mass is 277 g/mol. The summed E-state index contributed by atoms with van der Waals surface area (Å²) in [7, 11) is 1.68. The molecule has 0 saturated heterocycles. The van der Waals surface area contributed by atoms with Gasteiger partial charge in [0, 0.05) is 19.7 Å². The lowest BCUT2D eigenvalue weighted by molar-refractivity contribution is 0.100. The van der Waals surface area contributed by atoms with Gasteiger partial charge in [0.25, 0.3) is 5.91 Å². The molecule has 0 bridgehead atoms. The zero-order valence-corrected chi connectivity index (χ0v) is 12.1. The van der Waals surface area contributed by atoms with E-state index in [0.29, 0.717) is 29.8 Å². The highest BCUT2D eigenvalue weighted by Gasteiger charge is 2.33. The number of hydrogen-bond donors (Lipinski definition) is 2. The summed E-state index contributed by atoms with van der Waals surface area (Å²) in [4.78, 5) is 13.7. The van der Waals surface area contributed by atoms with Gasteiger partial charge in [0.2, 0.25) is 0 Å². The largest absolute Gasteiger partial charge is 0.396 e. The van der Waals surface area contributed by atoms with Crippen LogP contribution in [0.4, 0.5) is 11.4 Å². The van der Waals surface area contributed by atoms with Crippen molar-refractivity contribution in [3.63, 3.8) is 0 Å². The third kappa shape index (κ3) is 3.04.